The van der Waals surface area contributed by atoms with Crippen LogP contribution >= 0.6 is 0 Å². The third kappa shape index (κ3) is 4.57. The molecule has 1 heterocycles. The molecule has 0 aliphatic heterocycles. The van der Waals surface area contributed by atoms with Gasteiger partial charge in [0.2, 0.25) is 5.88 Å². The van der Waals surface area contributed by atoms with Gasteiger partial charge in [-0.15, -0.1) is 0 Å². The Bertz CT molecular complexity index is 583. The van der Waals surface area contributed by atoms with Crippen LogP contribution in [0, 0.1) is 0 Å². The summed E-state index contributed by atoms with van der Waals surface area (Å²) >= 11 is 0. The molecule has 3 heteroatoms. The normalized spacial score (nSPS) is 13.0. The molecule has 1 aromatic heterocycles. The van der Waals surface area contributed by atoms with Gasteiger partial charge in [-0.3, -0.25) is 0 Å². The molecule has 112 valence electrons. The molecule has 0 fully saturated rings. The molecular formula is C18H24N2O. The van der Waals surface area contributed by atoms with Crippen molar-refractivity contribution in [2.75, 3.05) is 0 Å². The maximum atomic E-state index is 5.83. The number of benzene rings is 1. The minimum absolute atomic E-state index is 0.105. The number of nitrogens with zero attached hydrogens (tertiary/aromatic N) is 1. The first-order valence-electron chi connectivity index (χ1n) is 7.33. The Morgan fingerprint density at radius 2 is 1.95 bits per heavy atom. The Balaban J connectivity index is 2.11. The first kappa shape index (κ1) is 15.5. The molecule has 21 heavy (non-hydrogen) atoms. The highest BCUT2D eigenvalue weighted by Crippen LogP contribution is 2.27. The van der Waals surface area contributed by atoms with Crippen LogP contribution in [0.5, 0.6) is 11.6 Å². The van der Waals surface area contributed by atoms with Crippen molar-refractivity contribution in [2.24, 2.45) is 5.73 Å². The van der Waals surface area contributed by atoms with Crippen LogP contribution < -0.4 is 10.5 Å². The van der Waals surface area contributed by atoms with Crippen molar-refractivity contribution in [3.8, 4) is 11.6 Å². The van der Waals surface area contributed by atoms with E-state index in [9.17, 15) is 0 Å². The fourth-order valence-electron chi connectivity index (χ4n) is 2.11. The SMILES string of the molecule is CC(N)Cc1ccc(Oc2cccc(C(C)(C)C)c2)nc1. The lowest BCUT2D eigenvalue weighted by molar-refractivity contribution is 0.459. The molecule has 0 aliphatic carbocycles. The summed E-state index contributed by atoms with van der Waals surface area (Å²) in [4.78, 5) is 4.34. The standard InChI is InChI=1S/C18H24N2O/c1-13(19)10-14-8-9-17(20-12-14)21-16-7-5-6-15(11-16)18(2,3)4/h5-9,11-13H,10,19H2,1-4H3. The van der Waals surface area contributed by atoms with Gasteiger partial charge in [0.25, 0.3) is 0 Å². The van der Waals surface area contributed by atoms with Crippen molar-refractivity contribution >= 4 is 0 Å². The zero-order chi connectivity index (χ0) is 15.5. The molecule has 1 unspecified atom stereocenters. The van der Waals surface area contributed by atoms with E-state index in [0.717, 1.165) is 17.7 Å². The third-order valence-corrected chi connectivity index (χ3v) is 3.28. The monoisotopic (exact) mass is 284 g/mol. The summed E-state index contributed by atoms with van der Waals surface area (Å²) < 4.78 is 5.83. The van der Waals surface area contributed by atoms with E-state index in [1.54, 1.807) is 0 Å². The Kier molecular flexibility index (Phi) is 4.63. The van der Waals surface area contributed by atoms with Crippen molar-refractivity contribution in [1.29, 1.82) is 0 Å². The van der Waals surface area contributed by atoms with Crippen molar-refractivity contribution in [3.05, 3.63) is 53.7 Å². The number of hydrogen-bond donors (Lipinski definition) is 1. The molecule has 3 nitrogen and oxygen atoms in total. The highest BCUT2D eigenvalue weighted by Gasteiger charge is 2.14. The average Bonchev–Trinajstić information content (AvgIpc) is 2.40. The highest BCUT2D eigenvalue weighted by atomic mass is 16.5. The molecule has 0 radical (unpaired) electrons. The first-order valence-corrected chi connectivity index (χ1v) is 7.33. The number of hydrogen-bond acceptors (Lipinski definition) is 3. The quantitative estimate of drug-likeness (QED) is 0.921. The van der Waals surface area contributed by atoms with E-state index in [2.05, 4.69) is 37.9 Å². The lowest BCUT2D eigenvalue weighted by Gasteiger charge is -2.19. The van der Waals surface area contributed by atoms with Crippen LogP contribution in [0.1, 0.15) is 38.8 Å². The van der Waals surface area contributed by atoms with Crippen LogP contribution in [0.15, 0.2) is 42.6 Å². The molecule has 2 rings (SSSR count). The van der Waals surface area contributed by atoms with Crippen molar-refractivity contribution in [2.45, 2.75) is 45.6 Å². The topological polar surface area (TPSA) is 48.1 Å². The zero-order valence-electron chi connectivity index (χ0n) is 13.3. The molecule has 2 aromatic rings. The summed E-state index contributed by atoms with van der Waals surface area (Å²) in [5.74, 6) is 1.42. The van der Waals surface area contributed by atoms with Gasteiger partial charge in [-0.2, -0.15) is 0 Å². The second-order valence-corrected chi connectivity index (χ2v) is 6.57. The van der Waals surface area contributed by atoms with Gasteiger partial charge in [-0.25, -0.2) is 4.98 Å². The van der Waals surface area contributed by atoms with Crippen molar-refractivity contribution in [3.63, 3.8) is 0 Å². The predicted molar refractivity (Wildman–Crippen MR) is 86.8 cm³/mol. The van der Waals surface area contributed by atoms with Crippen LogP contribution in [0.3, 0.4) is 0 Å². The molecule has 0 aliphatic rings. The summed E-state index contributed by atoms with van der Waals surface area (Å²) in [5.41, 5.74) is 8.26. The summed E-state index contributed by atoms with van der Waals surface area (Å²) in [7, 11) is 0. The number of ether oxygens (including phenoxy) is 1. The Morgan fingerprint density at radius 1 is 1.19 bits per heavy atom. The van der Waals surface area contributed by atoms with E-state index >= 15 is 0 Å². The average molecular weight is 284 g/mol. The highest BCUT2D eigenvalue weighted by molar-refractivity contribution is 5.35. The van der Waals surface area contributed by atoms with Gasteiger partial charge in [0.1, 0.15) is 5.75 Å². The van der Waals surface area contributed by atoms with E-state index in [1.165, 1.54) is 5.56 Å². The summed E-state index contributed by atoms with van der Waals surface area (Å²) in [5, 5.41) is 0. The third-order valence-electron chi connectivity index (χ3n) is 3.28. The first-order chi connectivity index (χ1) is 9.84. The molecule has 0 spiro atoms. The van der Waals surface area contributed by atoms with Crippen LogP contribution in [-0.4, -0.2) is 11.0 Å². The van der Waals surface area contributed by atoms with Crippen LogP contribution in [0.4, 0.5) is 0 Å². The van der Waals surface area contributed by atoms with Gasteiger partial charge >= 0.3 is 0 Å². The number of nitrogens with two attached hydrogens (primary N) is 1. The maximum absolute atomic E-state index is 5.83. The molecular weight excluding hydrogens is 260 g/mol. The molecule has 0 saturated heterocycles. The van der Waals surface area contributed by atoms with Gasteiger partial charge < -0.3 is 10.5 Å². The molecule has 0 bridgehead atoms. The van der Waals surface area contributed by atoms with Crippen molar-refractivity contribution < 1.29 is 4.74 Å². The Morgan fingerprint density at radius 3 is 2.52 bits per heavy atom. The van der Waals surface area contributed by atoms with Gasteiger partial charge in [0, 0.05) is 18.3 Å². The summed E-state index contributed by atoms with van der Waals surface area (Å²) in [6, 6.07) is 12.2. The largest absolute Gasteiger partial charge is 0.439 e. The summed E-state index contributed by atoms with van der Waals surface area (Å²) in [6.45, 7) is 8.55. The van der Waals surface area contributed by atoms with Crippen LogP contribution in [0.25, 0.3) is 0 Å². The molecule has 0 saturated carbocycles. The van der Waals surface area contributed by atoms with Gasteiger partial charge in [-0.05, 0) is 42.0 Å². The van der Waals surface area contributed by atoms with Gasteiger partial charge in [0.15, 0.2) is 0 Å². The summed E-state index contributed by atoms with van der Waals surface area (Å²) in [6.07, 6.45) is 2.65. The van der Waals surface area contributed by atoms with E-state index < -0.39 is 0 Å². The van der Waals surface area contributed by atoms with Crippen molar-refractivity contribution in [1.82, 2.24) is 4.98 Å². The van der Waals surface area contributed by atoms with E-state index in [0.29, 0.717) is 5.88 Å². The minimum atomic E-state index is 0.105. The molecule has 1 atom stereocenters. The Labute approximate surface area is 127 Å². The van der Waals surface area contributed by atoms with Crippen LogP contribution in [0.2, 0.25) is 0 Å². The zero-order valence-corrected chi connectivity index (χ0v) is 13.3. The molecule has 2 N–H and O–H groups in total. The molecule has 0 amide bonds. The fraction of sp³-hybridized carbons (Fsp3) is 0.389. The fourth-order valence-corrected chi connectivity index (χ4v) is 2.11. The molecule has 1 aromatic carbocycles. The second-order valence-electron chi connectivity index (χ2n) is 6.57. The smallest absolute Gasteiger partial charge is 0.219 e. The van der Waals surface area contributed by atoms with Gasteiger partial charge in [-0.1, -0.05) is 39.0 Å². The predicted octanol–water partition coefficient (Wildman–Crippen LogP) is 4.06. The van der Waals surface area contributed by atoms with E-state index in [4.69, 9.17) is 10.5 Å². The lowest BCUT2D eigenvalue weighted by atomic mass is 9.87. The Hall–Kier alpha value is -1.87. The van der Waals surface area contributed by atoms with E-state index in [1.807, 2.05) is 37.4 Å². The van der Waals surface area contributed by atoms with E-state index in [-0.39, 0.29) is 11.5 Å². The van der Waals surface area contributed by atoms with Gasteiger partial charge in [0.05, 0.1) is 0 Å². The number of aromatic nitrogens is 1. The minimum Gasteiger partial charge on any atom is -0.439 e. The second kappa shape index (κ2) is 6.27. The maximum Gasteiger partial charge on any atom is 0.219 e. The number of rotatable bonds is 4. The van der Waals surface area contributed by atoms with Crippen LogP contribution in [-0.2, 0) is 11.8 Å². The lowest BCUT2D eigenvalue weighted by Crippen LogP contribution is -2.17. The number of pyridine rings is 1.